The number of ether oxygens (including phenoxy) is 1. The Labute approximate surface area is 153 Å². The highest BCUT2D eigenvalue weighted by Crippen LogP contribution is 2.16. The molecule has 6 heteroatoms. The van der Waals surface area contributed by atoms with Gasteiger partial charge in [-0.15, -0.1) is 0 Å². The van der Waals surface area contributed by atoms with Crippen LogP contribution in [0.3, 0.4) is 0 Å². The third kappa shape index (κ3) is 5.98. The van der Waals surface area contributed by atoms with E-state index in [2.05, 4.69) is 16.0 Å². The van der Waals surface area contributed by atoms with Crippen LogP contribution in [0.25, 0.3) is 0 Å². The van der Waals surface area contributed by atoms with Crippen molar-refractivity contribution in [2.24, 2.45) is 0 Å². The number of rotatable bonds is 9. The number of carbonyl (C=O) groups excluding carboxylic acids is 2. The van der Waals surface area contributed by atoms with E-state index in [1.54, 1.807) is 37.4 Å². The fraction of sp³-hybridized carbons (Fsp3) is 0.300. The number of amides is 2. The van der Waals surface area contributed by atoms with E-state index < -0.39 is 0 Å². The van der Waals surface area contributed by atoms with E-state index >= 15 is 0 Å². The molecule has 0 saturated heterocycles. The van der Waals surface area contributed by atoms with Gasteiger partial charge in [-0.05, 0) is 31.2 Å². The van der Waals surface area contributed by atoms with Gasteiger partial charge < -0.3 is 20.7 Å². The lowest BCUT2D eigenvalue weighted by Crippen LogP contribution is -2.33. The molecule has 2 aromatic carbocycles. The number of hydrogen-bond donors (Lipinski definition) is 3. The highest BCUT2D eigenvalue weighted by Gasteiger charge is 2.13. The Morgan fingerprint density at radius 1 is 0.962 bits per heavy atom. The van der Waals surface area contributed by atoms with Gasteiger partial charge in [0.05, 0.1) is 17.9 Å². The molecule has 6 nitrogen and oxygen atoms in total. The van der Waals surface area contributed by atoms with Crippen molar-refractivity contribution in [2.75, 3.05) is 38.7 Å². The van der Waals surface area contributed by atoms with Crippen molar-refractivity contribution >= 4 is 17.5 Å². The van der Waals surface area contributed by atoms with Crippen molar-refractivity contribution in [1.29, 1.82) is 0 Å². The van der Waals surface area contributed by atoms with E-state index in [9.17, 15) is 9.59 Å². The smallest absolute Gasteiger partial charge is 0.255 e. The molecule has 0 saturated carbocycles. The van der Waals surface area contributed by atoms with Crippen LogP contribution < -0.4 is 16.0 Å². The van der Waals surface area contributed by atoms with E-state index in [-0.39, 0.29) is 11.8 Å². The summed E-state index contributed by atoms with van der Waals surface area (Å²) >= 11 is 0. The second-order valence-electron chi connectivity index (χ2n) is 5.87. The summed E-state index contributed by atoms with van der Waals surface area (Å²) in [4.78, 5) is 24.8. The van der Waals surface area contributed by atoms with Crippen LogP contribution in [0.1, 0.15) is 26.3 Å². The van der Waals surface area contributed by atoms with Gasteiger partial charge in [0.2, 0.25) is 0 Å². The SMILES string of the molecule is COCCNCCNC(=O)c1ccccc1NC(=O)c1cccc(C)c1. The van der Waals surface area contributed by atoms with Gasteiger partial charge in [0.25, 0.3) is 11.8 Å². The van der Waals surface area contributed by atoms with Crippen LogP contribution in [0.15, 0.2) is 48.5 Å². The van der Waals surface area contributed by atoms with Crippen LogP contribution in [0.2, 0.25) is 0 Å². The van der Waals surface area contributed by atoms with Gasteiger partial charge >= 0.3 is 0 Å². The molecule has 2 aromatic rings. The first-order valence-corrected chi connectivity index (χ1v) is 8.56. The maximum absolute atomic E-state index is 12.4. The Kier molecular flexibility index (Phi) is 7.79. The van der Waals surface area contributed by atoms with Gasteiger partial charge in [-0.3, -0.25) is 9.59 Å². The van der Waals surface area contributed by atoms with Crippen molar-refractivity contribution < 1.29 is 14.3 Å². The monoisotopic (exact) mass is 355 g/mol. The molecule has 0 aliphatic carbocycles. The van der Waals surface area contributed by atoms with E-state index in [4.69, 9.17) is 4.74 Å². The van der Waals surface area contributed by atoms with Crippen molar-refractivity contribution in [1.82, 2.24) is 10.6 Å². The summed E-state index contributed by atoms with van der Waals surface area (Å²) in [5.41, 5.74) is 2.49. The van der Waals surface area contributed by atoms with Gasteiger partial charge in [-0.25, -0.2) is 0 Å². The summed E-state index contributed by atoms with van der Waals surface area (Å²) in [6.45, 7) is 4.42. The molecule has 0 aliphatic rings. The number of para-hydroxylation sites is 1. The lowest BCUT2D eigenvalue weighted by Gasteiger charge is -2.12. The van der Waals surface area contributed by atoms with E-state index in [1.165, 1.54) is 0 Å². The summed E-state index contributed by atoms with van der Waals surface area (Å²) in [7, 11) is 1.64. The molecule has 0 unspecified atom stereocenters. The molecule has 0 bridgehead atoms. The predicted octanol–water partition coefficient (Wildman–Crippen LogP) is 2.21. The molecule has 0 radical (unpaired) electrons. The quantitative estimate of drug-likeness (QED) is 0.603. The summed E-state index contributed by atoms with van der Waals surface area (Å²) < 4.78 is 4.95. The van der Waals surface area contributed by atoms with Crippen molar-refractivity contribution in [3.05, 3.63) is 65.2 Å². The zero-order valence-electron chi connectivity index (χ0n) is 15.2. The molecule has 138 valence electrons. The first kappa shape index (κ1) is 19.6. The van der Waals surface area contributed by atoms with Crippen LogP contribution in [-0.2, 0) is 4.74 Å². The molecule has 2 amide bonds. The van der Waals surface area contributed by atoms with Gasteiger partial charge in [0, 0.05) is 32.3 Å². The summed E-state index contributed by atoms with van der Waals surface area (Å²) in [6.07, 6.45) is 0. The summed E-state index contributed by atoms with van der Waals surface area (Å²) in [5, 5.41) is 8.82. The van der Waals surface area contributed by atoms with E-state index in [0.29, 0.717) is 36.5 Å². The highest BCUT2D eigenvalue weighted by molar-refractivity contribution is 6.09. The highest BCUT2D eigenvalue weighted by atomic mass is 16.5. The molecule has 0 atom stereocenters. The molecule has 2 rings (SSSR count). The number of anilines is 1. The van der Waals surface area contributed by atoms with Crippen LogP contribution in [0.5, 0.6) is 0 Å². The van der Waals surface area contributed by atoms with Crippen molar-refractivity contribution in [2.45, 2.75) is 6.92 Å². The molecule has 3 N–H and O–H groups in total. The third-order valence-electron chi connectivity index (χ3n) is 3.77. The molecule has 0 spiro atoms. The first-order valence-electron chi connectivity index (χ1n) is 8.56. The van der Waals surface area contributed by atoms with Crippen molar-refractivity contribution in [3.8, 4) is 0 Å². The maximum Gasteiger partial charge on any atom is 0.255 e. The van der Waals surface area contributed by atoms with Gasteiger partial charge in [-0.1, -0.05) is 29.8 Å². The minimum absolute atomic E-state index is 0.223. The standard InChI is InChI=1S/C20H25N3O3/c1-15-6-5-7-16(14-15)19(24)23-18-9-4-3-8-17(18)20(25)22-11-10-21-12-13-26-2/h3-9,14,21H,10-13H2,1-2H3,(H,22,25)(H,23,24). The second-order valence-corrected chi connectivity index (χ2v) is 5.87. The third-order valence-corrected chi connectivity index (χ3v) is 3.77. The minimum atomic E-state index is -0.241. The van der Waals surface area contributed by atoms with Gasteiger partial charge in [-0.2, -0.15) is 0 Å². The van der Waals surface area contributed by atoms with E-state index in [1.807, 2.05) is 25.1 Å². The lowest BCUT2D eigenvalue weighted by molar-refractivity contribution is 0.0954. The Hall–Kier alpha value is -2.70. The molecular weight excluding hydrogens is 330 g/mol. The number of carbonyl (C=O) groups is 2. The summed E-state index contributed by atoms with van der Waals surface area (Å²) in [5.74, 6) is -0.464. The average molecular weight is 355 g/mol. The number of nitrogens with one attached hydrogen (secondary N) is 3. The molecule has 0 heterocycles. The zero-order chi connectivity index (χ0) is 18.8. The zero-order valence-corrected chi connectivity index (χ0v) is 15.2. The van der Waals surface area contributed by atoms with E-state index in [0.717, 1.165) is 12.1 Å². The second kappa shape index (κ2) is 10.3. The minimum Gasteiger partial charge on any atom is -0.383 e. The number of hydrogen-bond acceptors (Lipinski definition) is 4. The van der Waals surface area contributed by atoms with Crippen LogP contribution in [0, 0.1) is 6.92 Å². The molecule has 0 fully saturated rings. The largest absolute Gasteiger partial charge is 0.383 e. The topological polar surface area (TPSA) is 79.5 Å². The number of aryl methyl sites for hydroxylation is 1. The Morgan fingerprint density at radius 2 is 1.77 bits per heavy atom. The Balaban J connectivity index is 1.96. The fourth-order valence-electron chi connectivity index (χ4n) is 2.43. The van der Waals surface area contributed by atoms with Crippen LogP contribution in [-0.4, -0.2) is 45.2 Å². The van der Waals surface area contributed by atoms with Crippen LogP contribution in [0.4, 0.5) is 5.69 Å². The maximum atomic E-state index is 12.4. The molecular formula is C20H25N3O3. The van der Waals surface area contributed by atoms with Crippen molar-refractivity contribution in [3.63, 3.8) is 0 Å². The molecule has 26 heavy (non-hydrogen) atoms. The Bertz CT molecular complexity index is 747. The predicted molar refractivity (Wildman–Crippen MR) is 103 cm³/mol. The molecule has 0 aromatic heterocycles. The van der Waals surface area contributed by atoms with Crippen LogP contribution >= 0.6 is 0 Å². The fourth-order valence-corrected chi connectivity index (χ4v) is 2.43. The number of methoxy groups -OCH3 is 1. The first-order chi connectivity index (χ1) is 12.6. The normalized spacial score (nSPS) is 10.4. The lowest BCUT2D eigenvalue weighted by atomic mass is 10.1. The average Bonchev–Trinajstić information content (AvgIpc) is 2.65. The summed E-state index contributed by atoms with van der Waals surface area (Å²) in [6, 6.07) is 14.3. The van der Waals surface area contributed by atoms with Gasteiger partial charge in [0.15, 0.2) is 0 Å². The Morgan fingerprint density at radius 3 is 2.54 bits per heavy atom. The van der Waals surface area contributed by atoms with Gasteiger partial charge in [0.1, 0.15) is 0 Å². The molecule has 0 aliphatic heterocycles. The number of benzene rings is 2.